The van der Waals surface area contributed by atoms with E-state index < -0.39 is 21.5 Å². The SMILES string of the molecule is CCCCCCCCCCCC(O)CCC(CCCCCCCC)S(=O)(=O)[O-].[K+]. The van der Waals surface area contributed by atoms with Gasteiger partial charge in [0.05, 0.1) is 16.2 Å². The van der Waals surface area contributed by atoms with Crippen molar-refractivity contribution in [2.75, 3.05) is 0 Å². The Morgan fingerprint density at radius 3 is 1.41 bits per heavy atom. The van der Waals surface area contributed by atoms with Gasteiger partial charge in [-0.2, -0.15) is 0 Å². The van der Waals surface area contributed by atoms with Gasteiger partial charge in [-0.15, -0.1) is 0 Å². The molecule has 0 spiro atoms. The van der Waals surface area contributed by atoms with E-state index in [4.69, 9.17) is 0 Å². The van der Waals surface area contributed by atoms with Crippen molar-refractivity contribution in [1.29, 1.82) is 0 Å². The summed E-state index contributed by atoms with van der Waals surface area (Å²) in [5.41, 5.74) is 0. The summed E-state index contributed by atoms with van der Waals surface area (Å²) in [4.78, 5) is 0. The normalized spacial score (nSPS) is 13.8. The van der Waals surface area contributed by atoms with E-state index in [1.165, 1.54) is 64.2 Å². The molecule has 170 valence electrons. The third-order valence-corrected chi connectivity index (χ3v) is 7.04. The van der Waals surface area contributed by atoms with Gasteiger partial charge in [0.2, 0.25) is 0 Å². The van der Waals surface area contributed by atoms with E-state index in [1.807, 2.05) is 0 Å². The third kappa shape index (κ3) is 22.5. The first-order chi connectivity index (χ1) is 13.4. The molecule has 1 N–H and O–H groups in total. The topological polar surface area (TPSA) is 77.4 Å². The molecule has 0 aliphatic heterocycles. The van der Waals surface area contributed by atoms with Gasteiger partial charge in [0, 0.05) is 5.25 Å². The van der Waals surface area contributed by atoms with Crippen molar-refractivity contribution in [2.24, 2.45) is 0 Å². The first kappa shape index (κ1) is 32.7. The average Bonchev–Trinajstić information content (AvgIpc) is 2.64. The van der Waals surface area contributed by atoms with Gasteiger partial charge in [0.15, 0.2) is 0 Å². The summed E-state index contributed by atoms with van der Waals surface area (Å²) in [5, 5.41) is 9.31. The van der Waals surface area contributed by atoms with Crippen molar-refractivity contribution < 1.29 is 69.5 Å². The first-order valence-corrected chi connectivity index (χ1v) is 13.5. The van der Waals surface area contributed by atoms with Gasteiger partial charge in [-0.05, 0) is 25.7 Å². The number of rotatable bonds is 21. The van der Waals surface area contributed by atoms with Gasteiger partial charge in [-0.1, -0.05) is 110 Å². The minimum absolute atomic E-state index is 0. The quantitative estimate of drug-likeness (QED) is 0.162. The smallest absolute Gasteiger partial charge is 0.748 e. The van der Waals surface area contributed by atoms with Gasteiger partial charge in [-0.25, -0.2) is 8.42 Å². The zero-order chi connectivity index (χ0) is 21.1. The van der Waals surface area contributed by atoms with Crippen LogP contribution >= 0.6 is 0 Å². The molecule has 6 heteroatoms. The van der Waals surface area contributed by atoms with Gasteiger partial charge in [0.25, 0.3) is 0 Å². The van der Waals surface area contributed by atoms with E-state index in [2.05, 4.69) is 13.8 Å². The molecule has 0 aliphatic rings. The molecule has 0 saturated carbocycles. The molecule has 0 aliphatic carbocycles. The van der Waals surface area contributed by atoms with E-state index >= 15 is 0 Å². The van der Waals surface area contributed by atoms with Crippen LogP contribution in [0.25, 0.3) is 0 Å². The van der Waals surface area contributed by atoms with Gasteiger partial charge >= 0.3 is 51.4 Å². The minimum atomic E-state index is -4.26. The fourth-order valence-electron chi connectivity index (χ4n) is 3.80. The molecule has 29 heavy (non-hydrogen) atoms. The van der Waals surface area contributed by atoms with Crippen LogP contribution in [-0.2, 0) is 10.1 Å². The molecular formula is C23H47KO4S. The average molecular weight is 459 g/mol. The van der Waals surface area contributed by atoms with Crippen LogP contribution in [0.3, 0.4) is 0 Å². The summed E-state index contributed by atoms with van der Waals surface area (Å²) in [7, 11) is -4.26. The molecule has 0 aromatic carbocycles. The van der Waals surface area contributed by atoms with Crippen molar-refractivity contribution in [3.8, 4) is 0 Å². The van der Waals surface area contributed by atoms with E-state index in [9.17, 15) is 18.1 Å². The summed E-state index contributed by atoms with van der Waals surface area (Å²) in [6, 6.07) is 0. The molecule has 0 heterocycles. The zero-order valence-corrected chi connectivity index (χ0v) is 23.6. The fraction of sp³-hybridized carbons (Fsp3) is 1.00. The second kappa shape index (κ2) is 22.7. The number of aliphatic hydroxyl groups excluding tert-OH is 1. The molecule has 2 unspecified atom stereocenters. The van der Waals surface area contributed by atoms with E-state index in [-0.39, 0.29) is 51.4 Å². The van der Waals surface area contributed by atoms with Crippen LogP contribution in [-0.4, -0.2) is 29.4 Å². The van der Waals surface area contributed by atoms with Crippen molar-refractivity contribution in [2.45, 2.75) is 147 Å². The molecule has 0 fully saturated rings. The first-order valence-electron chi connectivity index (χ1n) is 12.0. The molecular weight excluding hydrogens is 411 g/mol. The van der Waals surface area contributed by atoms with Crippen LogP contribution in [0.5, 0.6) is 0 Å². The summed E-state index contributed by atoms with van der Waals surface area (Å²) in [5.74, 6) is 0. The van der Waals surface area contributed by atoms with E-state index in [0.717, 1.165) is 38.5 Å². The number of hydrogen-bond donors (Lipinski definition) is 1. The monoisotopic (exact) mass is 458 g/mol. The second-order valence-corrected chi connectivity index (χ2v) is 10.2. The van der Waals surface area contributed by atoms with Crippen LogP contribution in [0.2, 0.25) is 0 Å². The summed E-state index contributed by atoms with van der Waals surface area (Å²) < 4.78 is 34.5. The van der Waals surface area contributed by atoms with Gasteiger partial charge in [0.1, 0.15) is 0 Å². The fourth-order valence-corrected chi connectivity index (χ4v) is 4.68. The standard InChI is InChI=1S/C23H48O4S.K/c1-3-5-7-9-11-12-13-14-16-18-22(24)20-21-23(28(25,26)27)19-17-15-10-8-6-4-2;/h22-24H,3-21H2,1-2H3,(H,25,26,27);/q;+1/p-1. The predicted molar refractivity (Wildman–Crippen MR) is 119 cm³/mol. The molecule has 0 amide bonds. The maximum absolute atomic E-state index is 11.5. The summed E-state index contributed by atoms with van der Waals surface area (Å²) in [6.45, 7) is 4.40. The number of aliphatic hydroxyl groups is 1. The second-order valence-electron chi connectivity index (χ2n) is 8.52. The molecule has 0 bridgehead atoms. The Bertz CT molecular complexity index is 429. The molecule has 0 radical (unpaired) electrons. The van der Waals surface area contributed by atoms with Crippen molar-refractivity contribution in [3.05, 3.63) is 0 Å². The number of hydrogen-bond acceptors (Lipinski definition) is 4. The summed E-state index contributed by atoms with van der Waals surface area (Å²) in [6.07, 6.45) is 19.1. The van der Waals surface area contributed by atoms with Crippen LogP contribution < -0.4 is 51.4 Å². The van der Waals surface area contributed by atoms with Crippen molar-refractivity contribution in [3.63, 3.8) is 0 Å². The van der Waals surface area contributed by atoms with Crippen molar-refractivity contribution in [1.82, 2.24) is 0 Å². The van der Waals surface area contributed by atoms with Gasteiger partial charge < -0.3 is 9.66 Å². The largest absolute Gasteiger partial charge is 1.00 e. The van der Waals surface area contributed by atoms with Gasteiger partial charge in [-0.3, -0.25) is 0 Å². The molecule has 2 atom stereocenters. The molecule has 0 aromatic rings. The van der Waals surface area contributed by atoms with Crippen LogP contribution in [0.15, 0.2) is 0 Å². The third-order valence-electron chi connectivity index (χ3n) is 5.75. The Hall–Kier alpha value is 1.51. The molecule has 0 saturated heterocycles. The number of unbranched alkanes of at least 4 members (excludes halogenated alkanes) is 13. The Balaban J connectivity index is 0. The minimum Gasteiger partial charge on any atom is -0.748 e. The van der Waals surface area contributed by atoms with E-state index in [0.29, 0.717) is 19.3 Å². The maximum Gasteiger partial charge on any atom is 1.00 e. The van der Waals surface area contributed by atoms with E-state index in [1.54, 1.807) is 0 Å². The van der Waals surface area contributed by atoms with Crippen molar-refractivity contribution >= 4 is 10.1 Å². The Morgan fingerprint density at radius 1 is 0.621 bits per heavy atom. The predicted octanol–water partition coefficient (Wildman–Crippen LogP) is 3.72. The van der Waals surface area contributed by atoms with Crippen LogP contribution in [0, 0.1) is 0 Å². The summed E-state index contributed by atoms with van der Waals surface area (Å²) >= 11 is 0. The molecule has 0 aromatic heterocycles. The zero-order valence-electron chi connectivity index (χ0n) is 19.7. The maximum atomic E-state index is 11.5. The van der Waals surface area contributed by atoms with Crippen LogP contribution in [0.1, 0.15) is 136 Å². The molecule has 0 rings (SSSR count). The Morgan fingerprint density at radius 2 is 1.00 bits per heavy atom. The Labute approximate surface area is 224 Å². The Kier molecular flexibility index (Phi) is 25.6. The molecule has 4 nitrogen and oxygen atoms in total. The van der Waals surface area contributed by atoms with Crippen LogP contribution in [0.4, 0.5) is 0 Å².